The van der Waals surface area contributed by atoms with Gasteiger partial charge in [-0.05, 0) is 0 Å². The molecule has 0 saturated carbocycles. The first-order valence-electron chi connectivity index (χ1n) is 2.96. The molecule has 1 rings (SSSR count). The first-order valence-corrected chi connectivity index (χ1v) is 4.59. The molecule has 14 heavy (non-hydrogen) atoms. The van der Waals surface area contributed by atoms with Crippen LogP contribution in [0, 0.1) is 10.2 Å². The van der Waals surface area contributed by atoms with E-state index in [4.69, 9.17) is 0 Å². The topological polar surface area (TPSA) is 122 Å². The Morgan fingerprint density at radius 3 is 2.43 bits per heavy atom. The van der Waals surface area contributed by atoms with Crippen molar-refractivity contribution < 1.29 is 28.6 Å². The minimum absolute atomic E-state index is 0.225. The Labute approximate surface area is 83.8 Å². The minimum atomic E-state index is -4.90. The van der Waals surface area contributed by atoms with E-state index in [1.54, 1.807) is 0 Å². The fraction of sp³-hybridized carbons (Fsp3) is 0. The zero-order valence-corrected chi connectivity index (χ0v) is 7.97. The van der Waals surface area contributed by atoms with Crippen molar-refractivity contribution in [3.05, 3.63) is 33.1 Å². The molecule has 8 nitrogen and oxygen atoms in total. The third-order valence-electron chi connectivity index (χ3n) is 1.08. The molecule has 0 fully saturated rings. The van der Waals surface area contributed by atoms with Gasteiger partial charge in [-0.1, -0.05) is 12.8 Å². The van der Waals surface area contributed by atoms with Gasteiger partial charge in [-0.3, -0.25) is 4.79 Å². The molecular weight excluding hydrogens is 240 g/mol. The first-order chi connectivity index (χ1) is 6.31. The minimum Gasteiger partial charge on any atom is -0.265 e. The van der Waals surface area contributed by atoms with Crippen LogP contribution < -0.4 is 29.6 Å². The van der Waals surface area contributed by atoms with Gasteiger partial charge in [0, 0.05) is 17.0 Å². The van der Waals surface area contributed by atoms with Gasteiger partial charge in [0.05, 0.1) is 4.39 Å². The fourth-order valence-corrected chi connectivity index (χ4v) is 1.05. The summed E-state index contributed by atoms with van der Waals surface area (Å²) in [6.45, 7) is 0. The van der Waals surface area contributed by atoms with Gasteiger partial charge < -0.3 is 0 Å². The second kappa shape index (κ2) is 3.63. The summed E-state index contributed by atoms with van der Waals surface area (Å²) in [5.74, 6) is 0. The lowest BCUT2D eigenvalue weighted by molar-refractivity contribution is -1.92. The van der Waals surface area contributed by atoms with E-state index in [0.717, 1.165) is 12.3 Å². The summed E-state index contributed by atoms with van der Waals surface area (Å²) in [6, 6.07) is 0.801. The van der Waals surface area contributed by atoms with Crippen molar-refractivity contribution in [2.45, 2.75) is 0 Å². The molecule has 0 saturated heterocycles. The summed E-state index contributed by atoms with van der Waals surface area (Å²) in [6.07, 6.45) is 0.974. The predicted molar refractivity (Wildman–Crippen MR) is 35.9 cm³/mol. The molecule has 78 valence electrons. The molecule has 0 atom stereocenters. The summed E-state index contributed by atoms with van der Waals surface area (Å²) < 4.78 is 34.1. The van der Waals surface area contributed by atoms with Crippen molar-refractivity contribution in [1.29, 1.82) is 0 Å². The Morgan fingerprint density at radius 2 is 1.93 bits per heavy atom. The van der Waals surface area contributed by atoms with Crippen LogP contribution in [0.1, 0.15) is 0 Å². The highest BCUT2D eigenvalue weighted by Crippen LogP contribution is 1.81. The van der Waals surface area contributed by atoms with Gasteiger partial charge in [-0.2, -0.15) is 14.0 Å². The molecule has 1 heterocycles. The van der Waals surface area contributed by atoms with Crippen molar-refractivity contribution >= 4 is 12.8 Å². The monoisotopic (exact) mass is 242 g/mol. The van der Waals surface area contributed by atoms with Crippen molar-refractivity contribution in [1.82, 2.24) is 8.70 Å². The number of hydrogen-bond acceptors (Lipinski definition) is 7. The molecule has 0 N–H and O–H groups in total. The van der Waals surface area contributed by atoms with Crippen LogP contribution in [-0.4, -0.2) is 8.70 Å². The lowest BCUT2D eigenvalue weighted by atomic mass is 10.7. The van der Waals surface area contributed by atoms with Crippen LogP contribution in [0.4, 0.5) is 0 Å². The SMILES string of the molecule is O=c1ccn(S)c(=O)n1O[Cl+3]([O-])([O-])[O-]. The molecule has 1 aromatic heterocycles. The molecule has 0 aliphatic heterocycles. The maximum absolute atomic E-state index is 11.0. The third kappa shape index (κ3) is 2.49. The molecule has 10 heteroatoms. The van der Waals surface area contributed by atoms with Crippen LogP contribution >= 0.6 is 12.8 Å². The Morgan fingerprint density at radius 1 is 1.36 bits per heavy atom. The van der Waals surface area contributed by atoms with Gasteiger partial charge in [0.25, 0.3) is 0 Å². The summed E-state index contributed by atoms with van der Waals surface area (Å²) in [5.41, 5.74) is -2.29. The first kappa shape index (κ1) is 11.1. The zero-order valence-electron chi connectivity index (χ0n) is 6.32. The zero-order chi connectivity index (χ0) is 10.9. The van der Waals surface area contributed by atoms with Crippen molar-refractivity contribution in [3.8, 4) is 0 Å². The van der Waals surface area contributed by atoms with Gasteiger partial charge in [0.15, 0.2) is 10.2 Å². The van der Waals surface area contributed by atoms with Crippen molar-refractivity contribution in [2.24, 2.45) is 0 Å². The Kier molecular flexibility index (Phi) is 2.87. The van der Waals surface area contributed by atoms with Crippen molar-refractivity contribution in [3.63, 3.8) is 0 Å². The van der Waals surface area contributed by atoms with E-state index in [0.29, 0.717) is 3.97 Å². The quantitative estimate of drug-likeness (QED) is 0.518. The number of aromatic nitrogens is 2. The third-order valence-corrected chi connectivity index (χ3v) is 1.69. The number of halogens is 1. The highest BCUT2D eigenvalue weighted by molar-refractivity contribution is 7.78. The Hall–Kier alpha value is -1.00. The highest BCUT2D eigenvalue weighted by Gasteiger charge is 2.23. The molecule has 1 aromatic rings. The Bertz CT molecular complexity index is 446. The maximum atomic E-state index is 11.0. The summed E-state index contributed by atoms with van der Waals surface area (Å²) >= 11 is 3.53. The summed E-state index contributed by atoms with van der Waals surface area (Å²) in [7, 11) is -4.90. The smallest absolute Gasteiger partial charge is 0.265 e. The van der Waals surface area contributed by atoms with E-state index in [2.05, 4.69) is 17.2 Å². The molecule has 0 unspecified atom stereocenters. The van der Waals surface area contributed by atoms with Crippen molar-refractivity contribution in [2.75, 3.05) is 0 Å². The maximum Gasteiger partial charge on any atom is 0.388 e. The predicted octanol–water partition coefficient (Wildman–Crippen LogP) is -4.97. The molecule has 0 aliphatic carbocycles. The summed E-state index contributed by atoms with van der Waals surface area (Å²) in [4.78, 5) is 21.8. The normalized spacial score (nSPS) is 11.4. The van der Waals surface area contributed by atoms with E-state index in [1.807, 2.05) is 0 Å². The van der Waals surface area contributed by atoms with Gasteiger partial charge in [0.1, 0.15) is 0 Å². The molecule has 0 spiro atoms. The number of hydrogen-bond donors (Lipinski definition) is 1. The van der Waals surface area contributed by atoms with Crippen LogP contribution in [0.25, 0.3) is 0 Å². The van der Waals surface area contributed by atoms with Crippen LogP contribution in [-0.2, 0) is 0 Å². The average Bonchev–Trinajstić information content (AvgIpc) is 2.04. The molecule has 0 aliphatic rings. The molecular formula is C4H3ClN2O6S. The molecule has 0 amide bonds. The second-order valence-electron chi connectivity index (χ2n) is 2.02. The largest absolute Gasteiger partial charge is 0.388 e. The van der Waals surface area contributed by atoms with E-state index < -0.39 is 21.5 Å². The lowest BCUT2D eigenvalue weighted by Gasteiger charge is -2.10. The average molecular weight is 243 g/mol. The molecule has 0 radical (unpaired) electrons. The lowest BCUT2D eigenvalue weighted by Crippen LogP contribution is -2.67. The molecule has 0 bridgehead atoms. The molecule has 0 aromatic carbocycles. The fourth-order valence-electron chi connectivity index (χ4n) is 0.601. The van der Waals surface area contributed by atoms with E-state index in [1.165, 1.54) is 0 Å². The van der Waals surface area contributed by atoms with Crippen LogP contribution in [0.15, 0.2) is 21.9 Å². The van der Waals surface area contributed by atoms with Gasteiger partial charge in [-0.15, -0.1) is 0 Å². The van der Waals surface area contributed by atoms with E-state index in [9.17, 15) is 23.6 Å². The van der Waals surface area contributed by atoms with Crippen LogP contribution in [0.3, 0.4) is 0 Å². The number of rotatable bonds is 2. The van der Waals surface area contributed by atoms with E-state index in [-0.39, 0.29) is 4.73 Å². The van der Waals surface area contributed by atoms with E-state index >= 15 is 0 Å². The second-order valence-corrected chi connectivity index (χ2v) is 3.35. The number of nitrogens with zero attached hydrogens (tertiary/aromatic N) is 2. The van der Waals surface area contributed by atoms with Crippen LogP contribution in [0.2, 0.25) is 0 Å². The van der Waals surface area contributed by atoms with Gasteiger partial charge in [-0.25, -0.2) is 8.77 Å². The standard InChI is InChI=1S/C4H3ClN2O6S/c8-3-1-2-6(14)4(9)7(3)13-5(10,11)12/h1-2,14H. The number of thiol groups is 1. The summed E-state index contributed by atoms with van der Waals surface area (Å²) in [5, 5.41) is 0. The van der Waals surface area contributed by atoms with Gasteiger partial charge >= 0.3 is 11.2 Å². The van der Waals surface area contributed by atoms with Gasteiger partial charge in [0.2, 0.25) is 0 Å². The van der Waals surface area contributed by atoms with Crippen LogP contribution in [0.5, 0.6) is 0 Å². The Balaban J connectivity index is 3.28. The highest BCUT2D eigenvalue weighted by atomic mass is 35.7.